The molecule has 0 radical (unpaired) electrons. The first kappa shape index (κ1) is 18.3. The van der Waals surface area contributed by atoms with Crippen LogP contribution in [0.25, 0.3) is 5.65 Å². The molecule has 29 heavy (non-hydrogen) atoms. The fourth-order valence-electron chi connectivity index (χ4n) is 4.59. The van der Waals surface area contributed by atoms with Gasteiger partial charge in [0.15, 0.2) is 11.5 Å². The van der Waals surface area contributed by atoms with Gasteiger partial charge in [-0.1, -0.05) is 6.42 Å². The van der Waals surface area contributed by atoms with Gasteiger partial charge >= 0.3 is 0 Å². The highest BCUT2D eigenvalue weighted by atomic mass is 15.4. The maximum Gasteiger partial charge on any atom is 0.178 e. The van der Waals surface area contributed by atoms with Crippen molar-refractivity contribution in [2.24, 2.45) is 0 Å². The van der Waals surface area contributed by atoms with Crippen molar-refractivity contribution in [3.63, 3.8) is 0 Å². The van der Waals surface area contributed by atoms with Crippen molar-refractivity contribution in [2.45, 2.75) is 50.9 Å². The van der Waals surface area contributed by atoms with Crippen LogP contribution in [0.15, 0.2) is 18.5 Å². The standard InChI is InChI=1S/C21H28N8/c1-27(2)19-9-8-18-24-25-20(29(18)26-19)15-10-12-28(13-11-15)21-16-6-4-3-5-7-17(16)22-14-23-21/h8-9,14-15H,3-7,10-13H2,1-2H3. The Kier molecular flexibility index (Phi) is 4.77. The van der Waals surface area contributed by atoms with Crippen molar-refractivity contribution in [2.75, 3.05) is 37.0 Å². The lowest BCUT2D eigenvalue weighted by molar-refractivity contribution is 0.474. The van der Waals surface area contributed by atoms with Gasteiger partial charge in [0.2, 0.25) is 0 Å². The number of rotatable bonds is 3. The molecule has 0 amide bonds. The lowest BCUT2D eigenvalue weighted by atomic mass is 9.95. The fourth-order valence-corrected chi connectivity index (χ4v) is 4.59. The Morgan fingerprint density at radius 3 is 2.62 bits per heavy atom. The van der Waals surface area contributed by atoms with Crippen LogP contribution in [-0.4, -0.2) is 57.0 Å². The van der Waals surface area contributed by atoms with Gasteiger partial charge in [0.05, 0.1) is 0 Å². The van der Waals surface area contributed by atoms with E-state index >= 15 is 0 Å². The largest absolute Gasteiger partial charge is 0.361 e. The zero-order chi connectivity index (χ0) is 19.8. The SMILES string of the molecule is CN(C)c1ccc2nnc(C3CCN(c4ncnc5c4CCCCC5)CC3)n2n1. The van der Waals surface area contributed by atoms with E-state index in [-0.39, 0.29) is 0 Å². The van der Waals surface area contributed by atoms with Crippen molar-refractivity contribution in [1.82, 2.24) is 29.8 Å². The maximum absolute atomic E-state index is 4.74. The average Bonchev–Trinajstić information content (AvgIpc) is 3.02. The number of anilines is 2. The van der Waals surface area contributed by atoms with Crippen LogP contribution >= 0.6 is 0 Å². The number of piperidine rings is 1. The molecule has 1 aliphatic heterocycles. The number of aromatic nitrogens is 6. The van der Waals surface area contributed by atoms with Gasteiger partial charge in [0, 0.05) is 44.4 Å². The van der Waals surface area contributed by atoms with Crippen LogP contribution in [0.2, 0.25) is 0 Å². The Labute approximate surface area is 171 Å². The van der Waals surface area contributed by atoms with Crippen molar-refractivity contribution in [1.29, 1.82) is 0 Å². The summed E-state index contributed by atoms with van der Waals surface area (Å²) in [4.78, 5) is 13.7. The molecule has 2 aliphatic rings. The molecule has 0 spiro atoms. The van der Waals surface area contributed by atoms with E-state index in [1.807, 2.05) is 35.6 Å². The molecule has 1 saturated heterocycles. The molecule has 0 aromatic carbocycles. The molecule has 0 bridgehead atoms. The van der Waals surface area contributed by atoms with Crippen molar-refractivity contribution in [3.05, 3.63) is 35.5 Å². The minimum atomic E-state index is 0.367. The summed E-state index contributed by atoms with van der Waals surface area (Å²) in [6.07, 6.45) is 9.80. The molecule has 3 aromatic heterocycles. The number of aryl methyl sites for hydroxylation is 1. The lowest BCUT2D eigenvalue weighted by Crippen LogP contribution is -2.35. The highest BCUT2D eigenvalue weighted by Gasteiger charge is 2.28. The number of nitrogens with zero attached hydrogens (tertiary/aromatic N) is 8. The molecule has 1 fully saturated rings. The summed E-state index contributed by atoms with van der Waals surface area (Å²) in [7, 11) is 4.00. The van der Waals surface area contributed by atoms with E-state index in [1.165, 1.54) is 30.5 Å². The average molecular weight is 393 g/mol. The monoisotopic (exact) mass is 392 g/mol. The van der Waals surface area contributed by atoms with E-state index < -0.39 is 0 Å². The fraction of sp³-hybridized carbons (Fsp3) is 0.571. The van der Waals surface area contributed by atoms with Gasteiger partial charge in [-0.05, 0) is 50.7 Å². The quantitative estimate of drug-likeness (QED) is 0.634. The van der Waals surface area contributed by atoms with Crippen molar-refractivity contribution in [3.8, 4) is 0 Å². The zero-order valence-corrected chi connectivity index (χ0v) is 17.3. The molecule has 3 aromatic rings. The third-order valence-electron chi connectivity index (χ3n) is 6.24. The first-order chi connectivity index (χ1) is 14.2. The van der Waals surface area contributed by atoms with Crippen molar-refractivity contribution >= 4 is 17.3 Å². The minimum absolute atomic E-state index is 0.367. The molecule has 0 N–H and O–H groups in total. The second-order valence-electron chi connectivity index (χ2n) is 8.36. The smallest absolute Gasteiger partial charge is 0.178 e. The van der Waals surface area contributed by atoms with Gasteiger partial charge in [-0.2, -0.15) is 4.52 Å². The molecule has 5 rings (SSSR count). The Balaban J connectivity index is 1.36. The van der Waals surface area contributed by atoms with Gasteiger partial charge in [0.25, 0.3) is 0 Å². The van der Waals surface area contributed by atoms with E-state index in [0.29, 0.717) is 5.92 Å². The Morgan fingerprint density at radius 2 is 1.79 bits per heavy atom. The highest BCUT2D eigenvalue weighted by Crippen LogP contribution is 2.32. The first-order valence-corrected chi connectivity index (χ1v) is 10.7. The molecular weight excluding hydrogens is 364 g/mol. The predicted octanol–water partition coefficient (Wildman–Crippen LogP) is 2.63. The number of fused-ring (bicyclic) bond motifs is 2. The summed E-state index contributed by atoms with van der Waals surface area (Å²) in [5, 5.41) is 13.6. The lowest BCUT2D eigenvalue weighted by Gasteiger charge is -2.33. The molecule has 4 heterocycles. The Morgan fingerprint density at radius 1 is 0.966 bits per heavy atom. The normalized spacial score (nSPS) is 17.9. The van der Waals surface area contributed by atoms with Gasteiger partial charge in [-0.3, -0.25) is 0 Å². The second-order valence-corrected chi connectivity index (χ2v) is 8.36. The zero-order valence-electron chi connectivity index (χ0n) is 17.3. The predicted molar refractivity (Wildman–Crippen MR) is 113 cm³/mol. The van der Waals surface area contributed by atoms with Gasteiger partial charge in [0.1, 0.15) is 18.0 Å². The summed E-state index contributed by atoms with van der Waals surface area (Å²) in [5.74, 6) is 3.42. The van der Waals surface area contributed by atoms with Crippen molar-refractivity contribution < 1.29 is 0 Å². The summed E-state index contributed by atoms with van der Waals surface area (Å²) in [6, 6.07) is 3.97. The topological polar surface area (TPSA) is 75.3 Å². The number of hydrogen-bond donors (Lipinski definition) is 0. The summed E-state index contributed by atoms with van der Waals surface area (Å²) in [5.41, 5.74) is 3.46. The first-order valence-electron chi connectivity index (χ1n) is 10.7. The van der Waals surface area contributed by atoms with E-state index in [2.05, 4.69) is 25.1 Å². The molecule has 0 saturated carbocycles. The van der Waals surface area contributed by atoms with E-state index in [9.17, 15) is 0 Å². The molecule has 152 valence electrons. The van der Waals surface area contributed by atoms with Gasteiger partial charge < -0.3 is 9.80 Å². The van der Waals surface area contributed by atoms with Crippen LogP contribution in [-0.2, 0) is 12.8 Å². The van der Waals surface area contributed by atoms with Gasteiger partial charge in [-0.15, -0.1) is 15.3 Å². The van der Waals surface area contributed by atoms with E-state index in [1.54, 1.807) is 6.33 Å². The molecular formula is C21H28N8. The maximum atomic E-state index is 4.74. The van der Waals surface area contributed by atoms with Crippen LogP contribution in [0, 0.1) is 0 Å². The second kappa shape index (κ2) is 7.57. The summed E-state index contributed by atoms with van der Waals surface area (Å²) >= 11 is 0. The third-order valence-corrected chi connectivity index (χ3v) is 6.24. The molecule has 1 aliphatic carbocycles. The molecule has 0 unspecified atom stereocenters. The van der Waals surface area contributed by atoms with Crippen LogP contribution < -0.4 is 9.80 Å². The molecule has 8 heteroatoms. The van der Waals surface area contributed by atoms with E-state index in [0.717, 1.165) is 61.9 Å². The summed E-state index contributed by atoms with van der Waals surface area (Å²) in [6.45, 7) is 1.97. The van der Waals surface area contributed by atoms with Crippen LogP contribution in [0.5, 0.6) is 0 Å². The van der Waals surface area contributed by atoms with Crippen LogP contribution in [0.4, 0.5) is 11.6 Å². The van der Waals surface area contributed by atoms with E-state index in [4.69, 9.17) is 5.10 Å². The molecule has 8 nitrogen and oxygen atoms in total. The highest BCUT2D eigenvalue weighted by molar-refractivity contribution is 5.50. The molecule has 0 atom stereocenters. The van der Waals surface area contributed by atoms with Gasteiger partial charge in [-0.25, -0.2) is 9.97 Å². The summed E-state index contributed by atoms with van der Waals surface area (Å²) < 4.78 is 1.92. The Hall–Kier alpha value is -2.77. The van der Waals surface area contributed by atoms with Crippen LogP contribution in [0.1, 0.15) is 55.1 Å². The number of hydrogen-bond acceptors (Lipinski definition) is 7. The van der Waals surface area contributed by atoms with Crippen LogP contribution in [0.3, 0.4) is 0 Å². The minimum Gasteiger partial charge on any atom is -0.361 e. The Bertz CT molecular complexity index is 1000. The third kappa shape index (κ3) is 3.41.